The fourth-order valence-electron chi connectivity index (χ4n) is 4.62. The maximum Gasteiger partial charge on any atom is 0.249 e. The van der Waals surface area contributed by atoms with Crippen LogP contribution in [0.4, 0.5) is 5.69 Å². The molecule has 0 saturated carbocycles. The summed E-state index contributed by atoms with van der Waals surface area (Å²) >= 11 is 0. The van der Waals surface area contributed by atoms with Gasteiger partial charge in [-0.05, 0) is 44.4 Å². The van der Waals surface area contributed by atoms with E-state index < -0.39 is 0 Å². The summed E-state index contributed by atoms with van der Waals surface area (Å²) < 4.78 is 7.68. The van der Waals surface area contributed by atoms with Crippen molar-refractivity contribution >= 4 is 11.6 Å². The molecular weight excluding hydrogens is 404 g/mol. The van der Waals surface area contributed by atoms with Gasteiger partial charge in [-0.15, -0.1) is 10.2 Å². The second kappa shape index (κ2) is 10.9. The minimum Gasteiger partial charge on any atom is -0.372 e. The number of fused-ring (bicyclic) bond motifs is 1. The van der Waals surface area contributed by atoms with Crippen LogP contribution in [0.2, 0.25) is 0 Å². The SMILES string of the molecule is CCN(CC)c1ccc(CN2CCc3nnc(CCNC(=O)C4CCCO4)n3CC2)cc1. The number of ether oxygens (including phenoxy) is 1. The summed E-state index contributed by atoms with van der Waals surface area (Å²) in [5, 5.41) is 11.8. The Morgan fingerprint density at radius 2 is 1.97 bits per heavy atom. The summed E-state index contributed by atoms with van der Waals surface area (Å²) in [6, 6.07) is 8.97. The lowest BCUT2D eigenvalue weighted by molar-refractivity contribution is -0.130. The zero-order valence-electron chi connectivity index (χ0n) is 19.4. The van der Waals surface area contributed by atoms with Crippen molar-refractivity contribution < 1.29 is 9.53 Å². The third-order valence-electron chi connectivity index (χ3n) is 6.54. The number of nitrogens with zero attached hydrogens (tertiary/aromatic N) is 5. The highest BCUT2D eigenvalue weighted by Gasteiger charge is 2.23. The summed E-state index contributed by atoms with van der Waals surface area (Å²) in [7, 11) is 0. The van der Waals surface area contributed by atoms with E-state index in [1.807, 2.05) is 0 Å². The van der Waals surface area contributed by atoms with Crippen molar-refractivity contribution in [3.63, 3.8) is 0 Å². The van der Waals surface area contributed by atoms with Gasteiger partial charge < -0.3 is 19.5 Å². The Morgan fingerprint density at radius 1 is 1.16 bits per heavy atom. The van der Waals surface area contributed by atoms with E-state index in [1.165, 1.54) is 11.3 Å². The lowest BCUT2D eigenvalue weighted by Crippen LogP contribution is -2.35. The fraction of sp³-hybridized carbons (Fsp3) is 0.625. The van der Waals surface area contributed by atoms with E-state index in [2.05, 4.69) is 68.0 Å². The number of benzene rings is 1. The summed E-state index contributed by atoms with van der Waals surface area (Å²) in [4.78, 5) is 17.0. The van der Waals surface area contributed by atoms with Gasteiger partial charge in [0.05, 0.1) is 0 Å². The zero-order valence-corrected chi connectivity index (χ0v) is 19.4. The number of aromatic nitrogens is 3. The highest BCUT2D eigenvalue weighted by molar-refractivity contribution is 5.80. The monoisotopic (exact) mass is 440 g/mol. The van der Waals surface area contributed by atoms with Gasteiger partial charge in [0.15, 0.2) is 0 Å². The number of anilines is 1. The van der Waals surface area contributed by atoms with Gasteiger partial charge in [-0.1, -0.05) is 12.1 Å². The molecular formula is C24H36N6O2. The number of carbonyl (C=O) groups excluding carboxylic acids is 1. The molecule has 0 radical (unpaired) electrons. The van der Waals surface area contributed by atoms with Crippen LogP contribution in [0.5, 0.6) is 0 Å². The number of amides is 1. The lowest BCUT2D eigenvalue weighted by Gasteiger charge is -2.23. The fourth-order valence-corrected chi connectivity index (χ4v) is 4.62. The van der Waals surface area contributed by atoms with Crippen LogP contribution in [0.1, 0.15) is 43.9 Å². The van der Waals surface area contributed by atoms with Crippen LogP contribution in [0.3, 0.4) is 0 Å². The van der Waals surface area contributed by atoms with Crippen molar-refractivity contribution in [2.24, 2.45) is 0 Å². The maximum atomic E-state index is 12.1. The van der Waals surface area contributed by atoms with Gasteiger partial charge in [0.2, 0.25) is 5.91 Å². The van der Waals surface area contributed by atoms with E-state index in [-0.39, 0.29) is 12.0 Å². The molecule has 1 amide bonds. The molecule has 1 aromatic carbocycles. The first-order valence-corrected chi connectivity index (χ1v) is 12.0. The van der Waals surface area contributed by atoms with Crippen molar-refractivity contribution in [1.82, 2.24) is 25.0 Å². The molecule has 0 aliphatic carbocycles. The van der Waals surface area contributed by atoms with Crippen LogP contribution in [-0.4, -0.2) is 71.0 Å². The summed E-state index contributed by atoms with van der Waals surface area (Å²) in [5.74, 6) is 2.00. The third kappa shape index (κ3) is 5.48. The molecule has 4 rings (SSSR count). The van der Waals surface area contributed by atoms with Crippen molar-refractivity contribution in [3.05, 3.63) is 41.5 Å². The molecule has 2 aliphatic rings. The molecule has 1 N–H and O–H groups in total. The van der Waals surface area contributed by atoms with Crippen LogP contribution in [0, 0.1) is 0 Å². The van der Waals surface area contributed by atoms with E-state index in [0.717, 1.165) is 70.2 Å². The van der Waals surface area contributed by atoms with Crippen molar-refractivity contribution in [1.29, 1.82) is 0 Å². The molecule has 1 aromatic heterocycles. The Morgan fingerprint density at radius 3 is 2.69 bits per heavy atom. The highest BCUT2D eigenvalue weighted by Crippen LogP contribution is 2.18. The first-order valence-electron chi connectivity index (χ1n) is 12.0. The molecule has 174 valence electrons. The second-order valence-corrected chi connectivity index (χ2v) is 8.59. The van der Waals surface area contributed by atoms with E-state index in [4.69, 9.17) is 4.74 Å². The van der Waals surface area contributed by atoms with E-state index in [9.17, 15) is 4.79 Å². The number of carbonyl (C=O) groups is 1. The normalized spacial score (nSPS) is 18.9. The van der Waals surface area contributed by atoms with Gasteiger partial charge in [-0.25, -0.2) is 0 Å². The summed E-state index contributed by atoms with van der Waals surface area (Å²) in [5.41, 5.74) is 2.63. The minimum absolute atomic E-state index is 0.00343. The Labute approximate surface area is 190 Å². The van der Waals surface area contributed by atoms with Crippen molar-refractivity contribution in [2.45, 2.75) is 58.7 Å². The molecule has 1 fully saturated rings. The second-order valence-electron chi connectivity index (χ2n) is 8.59. The first kappa shape index (κ1) is 22.7. The largest absolute Gasteiger partial charge is 0.372 e. The Bertz CT molecular complexity index is 871. The number of hydrogen-bond acceptors (Lipinski definition) is 6. The molecule has 1 unspecified atom stereocenters. The Hall–Kier alpha value is -2.45. The van der Waals surface area contributed by atoms with Crippen molar-refractivity contribution in [2.75, 3.05) is 44.2 Å². The summed E-state index contributed by atoms with van der Waals surface area (Å²) in [6.45, 7) is 11.5. The van der Waals surface area contributed by atoms with Gasteiger partial charge in [0.1, 0.15) is 17.8 Å². The molecule has 8 nitrogen and oxygen atoms in total. The minimum atomic E-state index is -0.278. The van der Waals surface area contributed by atoms with E-state index >= 15 is 0 Å². The molecule has 8 heteroatoms. The van der Waals surface area contributed by atoms with Gasteiger partial charge in [-0.2, -0.15) is 0 Å². The van der Waals surface area contributed by atoms with E-state index in [1.54, 1.807) is 0 Å². The van der Waals surface area contributed by atoms with Crippen LogP contribution in [-0.2, 0) is 35.5 Å². The molecule has 0 spiro atoms. The predicted molar refractivity (Wildman–Crippen MR) is 125 cm³/mol. The average molecular weight is 441 g/mol. The number of nitrogens with one attached hydrogen (secondary N) is 1. The van der Waals surface area contributed by atoms with Crippen molar-refractivity contribution in [3.8, 4) is 0 Å². The molecule has 1 atom stereocenters. The topological polar surface area (TPSA) is 75.5 Å². The highest BCUT2D eigenvalue weighted by atomic mass is 16.5. The molecule has 0 bridgehead atoms. The van der Waals surface area contributed by atoms with Gasteiger partial charge in [-0.3, -0.25) is 9.69 Å². The quantitative estimate of drug-likeness (QED) is 0.643. The zero-order chi connectivity index (χ0) is 22.3. The van der Waals surface area contributed by atoms with Gasteiger partial charge >= 0.3 is 0 Å². The third-order valence-corrected chi connectivity index (χ3v) is 6.54. The average Bonchev–Trinajstić information content (AvgIpc) is 3.44. The van der Waals surface area contributed by atoms with Crippen LogP contribution < -0.4 is 10.2 Å². The first-order chi connectivity index (χ1) is 15.7. The number of hydrogen-bond donors (Lipinski definition) is 1. The molecule has 2 aliphatic heterocycles. The summed E-state index contributed by atoms with van der Waals surface area (Å²) in [6.07, 6.45) is 3.10. The standard InChI is InChI=1S/C24H36N6O2/c1-3-29(4-2)20-9-7-19(8-10-20)18-28-14-12-23-27-26-22(30(23)16-15-28)11-13-25-24(31)21-6-5-17-32-21/h7-10,21H,3-6,11-18H2,1-2H3,(H,25,31). The number of rotatable bonds is 9. The Balaban J connectivity index is 1.28. The Kier molecular flexibility index (Phi) is 7.76. The molecule has 2 aromatic rings. The van der Waals surface area contributed by atoms with E-state index in [0.29, 0.717) is 19.6 Å². The van der Waals surface area contributed by atoms with Crippen LogP contribution in [0.25, 0.3) is 0 Å². The smallest absolute Gasteiger partial charge is 0.249 e. The predicted octanol–water partition coefficient (Wildman–Crippen LogP) is 2.02. The maximum absolute atomic E-state index is 12.1. The van der Waals surface area contributed by atoms with Crippen LogP contribution >= 0.6 is 0 Å². The molecule has 3 heterocycles. The molecule has 1 saturated heterocycles. The van der Waals surface area contributed by atoms with Gasteiger partial charge in [0, 0.05) is 70.9 Å². The van der Waals surface area contributed by atoms with Gasteiger partial charge in [0.25, 0.3) is 0 Å². The lowest BCUT2D eigenvalue weighted by atomic mass is 10.1. The van der Waals surface area contributed by atoms with Crippen LogP contribution in [0.15, 0.2) is 24.3 Å². The molecule has 32 heavy (non-hydrogen) atoms.